The van der Waals surface area contributed by atoms with Gasteiger partial charge in [0.1, 0.15) is 0 Å². The molecule has 1 N–H and O–H groups in total. The molecule has 0 saturated carbocycles. The number of anilines is 1. The Balaban J connectivity index is 1.63. The molecule has 0 spiro atoms. The smallest absolute Gasteiger partial charge is 0.260 e. The monoisotopic (exact) mass is 357 g/mol. The van der Waals surface area contributed by atoms with Crippen molar-refractivity contribution in [2.45, 2.75) is 6.92 Å². The van der Waals surface area contributed by atoms with E-state index in [0.717, 1.165) is 11.3 Å². The molecule has 1 aromatic carbocycles. The lowest BCUT2D eigenvalue weighted by Gasteiger charge is -2.08. The standard InChI is InChI=1S/C20H15N5O2/c1-13-8-9-15(12-22-13)19(26)23-17-7-3-2-6-16(17)20-24-18(25-27-20)14-5-4-10-21-11-14/h2-12H,1H3,(H,23,26). The molecule has 0 bridgehead atoms. The number of amides is 1. The molecule has 4 aromatic rings. The van der Waals surface area contributed by atoms with E-state index in [0.29, 0.717) is 28.5 Å². The van der Waals surface area contributed by atoms with Crippen LogP contribution in [-0.4, -0.2) is 26.0 Å². The minimum atomic E-state index is -0.262. The van der Waals surface area contributed by atoms with Crippen molar-refractivity contribution in [3.63, 3.8) is 0 Å². The molecule has 0 radical (unpaired) electrons. The molecule has 0 aliphatic rings. The number of nitrogens with zero attached hydrogens (tertiary/aromatic N) is 4. The summed E-state index contributed by atoms with van der Waals surface area (Å²) >= 11 is 0. The molecule has 27 heavy (non-hydrogen) atoms. The molecule has 4 rings (SSSR count). The summed E-state index contributed by atoms with van der Waals surface area (Å²) in [6, 6.07) is 14.4. The second kappa shape index (κ2) is 7.17. The van der Waals surface area contributed by atoms with E-state index in [2.05, 4.69) is 25.4 Å². The predicted octanol–water partition coefficient (Wildman–Crippen LogP) is 3.75. The highest BCUT2D eigenvalue weighted by Gasteiger charge is 2.16. The second-order valence-corrected chi connectivity index (χ2v) is 5.85. The average molecular weight is 357 g/mol. The van der Waals surface area contributed by atoms with Gasteiger partial charge < -0.3 is 9.84 Å². The first kappa shape index (κ1) is 16.6. The quantitative estimate of drug-likeness (QED) is 0.598. The highest BCUT2D eigenvalue weighted by atomic mass is 16.5. The van der Waals surface area contributed by atoms with Gasteiger partial charge in [0.05, 0.1) is 16.8 Å². The molecule has 0 aliphatic carbocycles. The second-order valence-electron chi connectivity index (χ2n) is 5.85. The summed E-state index contributed by atoms with van der Waals surface area (Å²) in [6.45, 7) is 1.87. The number of carbonyl (C=O) groups excluding carboxylic acids is 1. The number of aryl methyl sites for hydroxylation is 1. The number of aromatic nitrogens is 4. The Morgan fingerprint density at radius 3 is 2.70 bits per heavy atom. The van der Waals surface area contributed by atoms with Gasteiger partial charge in [-0.25, -0.2) is 0 Å². The largest absolute Gasteiger partial charge is 0.334 e. The summed E-state index contributed by atoms with van der Waals surface area (Å²) in [7, 11) is 0. The zero-order valence-corrected chi connectivity index (χ0v) is 14.5. The number of carbonyl (C=O) groups is 1. The number of benzene rings is 1. The Morgan fingerprint density at radius 1 is 1.04 bits per heavy atom. The maximum atomic E-state index is 12.5. The van der Waals surface area contributed by atoms with Crippen LogP contribution in [0.3, 0.4) is 0 Å². The first-order valence-electron chi connectivity index (χ1n) is 8.28. The van der Waals surface area contributed by atoms with Crippen molar-refractivity contribution in [2.24, 2.45) is 0 Å². The van der Waals surface area contributed by atoms with Gasteiger partial charge in [0, 0.05) is 29.8 Å². The van der Waals surface area contributed by atoms with Gasteiger partial charge in [-0.2, -0.15) is 4.98 Å². The summed E-state index contributed by atoms with van der Waals surface area (Å²) in [6.07, 6.45) is 4.88. The Kier molecular flexibility index (Phi) is 4.40. The van der Waals surface area contributed by atoms with Crippen molar-refractivity contribution in [1.82, 2.24) is 20.1 Å². The van der Waals surface area contributed by atoms with Crippen LogP contribution in [0.1, 0.15) is 16.1 Å². The molecule has 0 fully saturated rings. The lowest BCUT2D eigenvalue weighted by molar-refractivity contribution is 0.102. The van der Waals surface area contributed by atoms with Crippen LogP contribution in [0, 0.1) is 6.92 Å². The van der Waals surface area contributed by atoms with E-state index in [9.17, 15) is 4.79 Å². The van der Waals surface area contributed by atoms with Crippen molar-refractivity contribution < 1.29 is 9.32 Å². The zero-order chi connectivity index (χ0) is 18.6. The first-order chi connectivity index (χ1) is 13.2. The molecule has 0 aliphatic heterocycles. The SMILES string of the molecule is Cc1ccc(C(=O)Nc2ccccc2-c2nc(-c3cccnc3)no2)cn1. The van der Waals surface area contributed by atoms with Crippen LogP contribution in [0.25, 0.3) is 22.8 Å². The topological polar surface area (TPSA) is 93.8 Å². The molecular formula is C20H15N5O2. The Bertz CT molecular complexity index is 1070. The van der Waals surface area contributed by atoms with Crippen LogP contribution in [0.15, 0.2) is 71.6 Å². The van der Waals surface area contributed by atoms with E-state index in [1.807, 2.05) is 31.2 Å². The Labute approximate surface area is 155 Å². The number of nitrogens with one attached hydrogen (secondary N) is 1. The molecule has 132 valence electrons. The summed E-state index contributed by atoms with van der Waals surface area (Å²) in [5, 5.41) is 6.88. The van der Waals surface area contributed by atoms with Gasteiger partial charge in [0.2, 0.25) is 5.82 Å². The fourth-order valence-electron chi connectivity index (χ4n) is 2.52. The normalized spacial score (nSPS) is 10.6. The molecule has 0 unspecified atom stereocenters. The van der Waals surface area contributed by atoms with Crippen LogP contribution in [-0.2, 0) is 0 Å². The Morgan fingerprint density at radius 2 is 1.93 bits per heavy atom. The van der Waals surface area contributed by atoms with Crippen molar-refractivity contribution >= 4 is 11.6 Å². The van der Waals surface area contributed by atoms with E-state index in [4.69, 9.17) is 4.52 Å². The van der Waals surface area contributed by atoms with Crippen LogP contribution in [0.4, 0.5) is 5.69 Å². The minimum Gasteiger partial charge on any atom is -0.334 e. The van der Waals surface area contributed by atoms with E-state index in [1.165, 1.54) is 0 Å². The molecule has 0 saturated heterocycles. The van der Waals surface area contributed by atoms with Crippen molar-refractivity contribution in [1.29, 1.82) is 0 Å². The lowest BCUT2D eigenvalue weighted by atomic mass is 10.1. The van der Waals surface area contributed by atoms with Crippen molar-refractivity contribution in [2.75, 3.05) is 5.32 Å². The van der Waals surface area contributed by atoms with Gasteiger partial charge >= 0.3 is 0 Å². The maximum absolute atomic E-state index is 12.5. The first-order valence-corrected chi connectivity index (χ1v) is 8.28. The van der Waals surface area contributed by atoms with E-state index in [-0.39, 0.29) is 5.91 Å². The number of rotatable bonds is 4. The summed E-state index contributed by atoms with van der Waals surface area (Å²) in [5.41, 5.74) is 3.27. The molecule has 0 atom stereocenters. The molecule has 7 heteroatoms. The summed E-state index contributed by atoms with van der Waals surface area (Å²) < 4.78 is 5.40. The third kappa shape index (κ3) is 3.57. The van der Waals surface area contributed by atoms with Crippen LogP contribution in [0.2, 0.25) is 0 Å². The number of para-hydroxylation sites is 1. The number of hydrogen-bond acceptors (Lipinski definition) is 6. The van der Waals surface area contributed by atoms with Crippen LogP contribution >= 0.6 is 0 Å². The van der Waals surface area contributed by atoms with E-state index >= 15 is 0 Å². The third-order valence-electron chi connectivity index (χ3n) is 3.92. The lowest BCUT2D eigenvalue weighted by Crippen LogP contribution is -2.13. The summed E-state index contributed by atoms with van der Waals surface area (Å²) in [4.78, 5) is 25.1. The molecule has 1 amide bonds. The van der Waals surface area contributed by atoms with Gasteiger partial charge in [-0.1, -0.05) is 17.3 Å². The zero-order valence-electron chi connectivity index (χ0n) is 14.5. The van der Waals surface area contributed by atoms with Gasteiger partial charge in [-0.15, -0.1) is 0 Å². The highest BCUT2D eigenvalue weighted by Crippen LogP contribution is 2.28. The highest BCUT2D eigenvalue weighted by molar-refractivity contribution is 6.05. The fraction of sp³-hybridized carbons (Fsp3) is 0.0500. The van der Waals surface area contributed by atoms with Crippen molar-refractivity contribution in [3.8, 4) is 22.8 Å². The van der Waals surface area contributed by atoms with Crippen LogP contribution in [0.5, 0.6) is 0 Å². The molecule has 3 heterocycles. The summed E-state index contributed by atoms with van der Waals surface area (Å²) in [5.74, 6) is 0.482. The number of pyridine rings is 2. The maximum Gasteiger partial charge on any atom is 0.260 e. The van der Waals surface area contributed by atoms with Crippen molar-refractivity contribution in [3.05, 3.63) is 78.4 Å². The molecule has 3 aromatic heterocycles. The Hall–Kier alpha value is -3.87. The molecular weight excluding hydrogens is 342 g/mol. The van der Waals surface area contributed by atoms with Gasteiger partial charge in [0.25, 0.3) is 11.8 Å². The minimum absolute atomic E-state index is 0.262. The van der Waals surface area contributed by atoms with Gasteiger partial charge in [-0.05, 0) is 43.3 Å². The third-order valence-corrected chi connectivity index (χ3v) is 3.92. The average Bonchev–Trinajstić information content (AvgIpc) is 3.19. The van der Waals surface area contributed by atoms with E-state index < -0.39 is 0 Å². The van der Waals surface area contributed by atoms with Crippen LogP contribution < -0.4 is 5.32 Å². The number of hydrogen-bond donors (Lipinski definition) is 1. The fourth-order valence-corrected chi connectivity index (χ4v) is 2.52. The predicted molar refractivity (Wildman–Crippen MR) is 99.9 cm³/mol. The van der Waals surface area contributed by atoms with Gasteiger partial charge in [0.15, 0.2) is 0 Å². The molecule has 7 nitrogen and oxygen atoms in total. The van der Waals surface area contributed by atoms with Gasteiger partial charge in [-0.3, -0.25) is 14.8 Å². The van der Waals surface area contributed by atoms with E-state index in [1.54, 1.807) is 42.9 Å².